The van der Waals surface area contributed by atoms with Crippen molar-refractivity contribution in [2.45, 2.75) is 12.6 Å². The van der Waals surface area contributed by atoms with Gasteiger partial charge in [-0.3, -0.25) is 0 Å². The molecule has 1 heterocycles. The predicted octanol–water partition coefficient (Wildman–Crippen LogP) is 1.56. The fourth-order valence-electron chi connectivity index (χ4n) is 1.65. The quantitative estimate of drug-likeness (QED) is 0.783. The highest BCUT2D eigenvalue weighted by molar-refractivity contribution is 5.26. The van der Waals surface area contributed by atoms with Gasteiger partial charge in [0, 0.05) is 0 Å². The first-order chi connectivity index (χ1) is 7.83. The van der Waals surface area contributed by atoms with Crippen LogP contribution < -0.4 is 5.73 Å². The lowest BCUT2D eigenvalue weighted by Gasteiger charge is -2.13. The summed E-state index contributed by atoms with van der Waals surface area (Å²) >= 11 is 0. The van der Waals surface area contributed by atoms with Crippen LogP contribution in [0, 0.1) is 12.3 Å². The molecule has 0 bridgehead atoms. The zero-order valence-electron chi connectivity index (χ0n) is 8.88. The topological polar surface area (TPSA) is 43.8 Å². The Morgan fingerprint density at radius 2 is 2.12 bits per heavy atom. The molecule has 1 aromatic carbocycles. The third-order valence-electron chi connectivity index (χ3n) is 2.48. The molecular weight excluding hydrogens is 198 g/mol. The maximum absolute atomic E-state index is 6.16. The van der Waals surface area contributed by atoms with Gasteiger partial charge in [-0.1, -0.05) is 36.3 Å². The Morgan fingerprint density at radius 1 is 1.38 bits per heavy atom. The van der Waals surface area contributed by atoms with E-state index in [1.165, 1.54) is 0 Å². The van der Waals surface area contributed by atoms with E-state index in [0.717, 1.165) is 11.3 Å². The van der Waals surface area contributed by atoms with Gasteiger partial charge >= 0.3 is 0 Å². The van der Waals surface area contributed by atoms with E-state index in [9.17, 15) is 0 Å². The maximum Gasteiger partial charge on any atom is 0.0957 e. The van der Waals surface area contributed by atoms with Gasteiger partial charge in [-0.15, -0.1) is 6.42 Å². The van der Waals surface area contributed by atoms with Crippen molar-refractivity contribution in [3.8, 4) is 12.3 Å². The molecule has 1 aromatic heterocycles. The van der Waals surface area contributed by atoms with Gasteiger partial charge in [0.1, 0.15) is 0 Å². The van der Waals surface area contributed by atoms with Crippen LogP contribution >= 0.6 is 0 Å². The second-order valence-electron chi connectivity index (χ2n) is 3.54. The Hall–Kier alpha value is -2.05. The van der Waals surface area contributed by atoms with Gasteiger partial charge in [-0.2, -0.15) is 0 Å². The highest BCUT2D eigenvalue weighted by Gasteiger charge is 2.12. The van der Waals surface area contributed by atoms with E-state index in [4.69, 9.17) is 12.2 Å². The first-order valence-corrected chi connectivity index (χ1v) is 5.07. The number of nitrogens with zero attached hydrogens (tertiary/aromatic N) is 2. The lowest BCUT2D eigenvalue weighted by Crippen LogP contribution is -2.16. The summed E-state index contributed by atoms with van der Waals surface area (Å²) in [5, 5.41) is 0. The molecule has 0 saturated heterocycles. The van der Waals surface area contributed by atoms with E-state index in [-0.39, 0.29) is 6.04 Å². The normalized spacial score (nSPS) is 12.0. The van der Waals surface area contributed by atoms with Crippen molar-refractivity contribution in [2.75, 3.05) is 0 Å². The first kappa shape index (κ1) is 10.5. The van der Waals surface area contributed by atoms with Crippen LogP contribution in [0.1, 0.15) is 17.3 Å². The number of rotatable bonds is 3. The first-order valence-electron chi connectivity index (χ1n) is 5.07. The fraction of sp³-hybridized carbons (Fsp3) is 0.154. The summed E-state index contributed by atoms with van der Waals surface area (Å²) in [5.41, 5.74) is 8.15. The zero-order valence-corrected chi connectivity index (χ0v) is 8.88. The number of hydrogen-bond donors (Lipinski definition) is 1. The minimum Gasteiger partial charge on any atom is -0.321 e. The molecule has 0 amide bonds. The molecule has 2 N–H and O–H groups in total. The van der Waals surface area contributed by atoms with Crippen molar-refractivity contribution in [3.63, 3.8) is 0 Å². The van der Waals surface area contributed by atoms with E-state index < -0.39 is 0 Å². The summed E-state index contributed by atoms with van der Waals surface area (Å²) < 4.78 is 1.89. The highest BCUT2D eigenvalue weighted by Crippen LogP contribution is 2.18. The second-order valence-corrected chi connectivity index (χ2v) is 3.54. The number of nitrogens with two attached hydrogens (primary N) is 1. The molecule has 0 aliphatic rings. The molecular formula is C13H13N3. The highest BCUT2D eigenvalue weighted by atomic mass is 15.1. The van der Waals surface area contributed by atoms with Crippen molar-refractivity contribution in [3.05, 3.63) is 54.1 Å². The number of hydrogen-bond acceptors (Lipinski definition) is 2. The lowest BCUT2D eigenvalue weighted by atomic mass is 10.1. The Labute approximate surface area is 94.9 Å². The third kappa shape index (κ3) is 1.97. The Bertz CT molecular complexity index is 493. The molecule has 0 saturated carbocycles. The van der Waals surface area contributed by atoms with Crippen molar-refractivity contribution >= 4 is 0 Å². The molecule has 80 valence electrons. The van der Waals surface area contributed by atoms with E-state index in [2.05, 4.69) is 10.9 Å². The Kier molecular flexibility index (Phi) is 3.04. The summed E-state index contributed by atoms with van der Waals surface area (Å²) in [4.78, 5) is 4.07. The van der Waals surface area contributed by atoms with Gasteiger partial charge in [0.2, 0.25) is 0 Å². The summed E-state index contributed by atoms with van der Waals surface area (Å²) in [5.74, 6) is 2.58. The van der Waals surface area contributed by atoms with Gasteiger partial charge in [-0.05, 0) is 5.56 Å². The smallest absolute Gasteiger partial charge is 0.0957 e. The van der Waals surface area contributed by atoms with Crippen molar-refractivity contribution in [1.82, 2.24) is 9.55 Å². The van der Waals surface area contributed by atoms with Crippen LogP contribution in [0.2, 0.25) is 0 Å². The molecule has 1 unspecified atom stereocenters. The van der Waals surface area contributed by atoms with E-state index >= 15 is 0 Å². The van der Waals surface area contributed by atoms with E-state index in [0.29, 0.717) is 6.54 Å². The van der Waals surface area contributed by atoms with Gasteiger partial charge in [0.05, 0.1) is 30.8 Å². The van der Waals surface area contributed by atoms with Crippen LogP contribution in [-0.4, -0.2) is 9.55 Å². The molecule has 0 spiro atoms. The van der Waals surface area contributed by atoms with Gasteiger partial charge < -0.3 is 10.3 Å². The van der Waals surface area contributed by atoms with Crippen molar-refractivity contribution < 1.29 is 0 Å². The molecule has 2 rings (SSSR count). The second kappa shape index (κ2) is 4.65. The molecule has 3 heteroatoms. The fourth-order valence-corrected chi connectivity index (χ4v) is 1.65. The molecule has 0 aliphatic carbocycles. The maximum atomic E-state index is 6.16. The SMILES string of the molecule is C#CCn1cncc1C(N)c1ccccc1. The summed E-state index contributed by atoms with van der Waals surface area (Å²) in [6, 6.07) is 9.72. The summed E-state index contributed by atoms with van der Waals surface area (Å²) in [7, 11) is 0. The third-order valence-corrected chi connectivity index (χ3v) is 2.48. The van der Waals surface area contributed by atoms with E-state index in [1.54, 1.807) is 12.5 Å². The van der Waals surface area contributed by atoms with Gasteiger partial charge in [-0.25, -0.2) is 4.98 Å². The van der Waals surface area contributed by atoms with Gasteiger partial charge in [0.25, 0.3) is 0 Å². The van der Waals surface area contributed by atoms with Crippen LogP contribution in [0.5, 0.6) is 0 Å². The molecule has 2 aromatic rings. The number of imidazole rings is 1. The molecule has 16 heavy (non-hydrogen) atoms. The largest absolute Gasteiger partial charge is 0.321 e. The molecule has 0 aliphatic heterocycles. The van der Waals surface area contributed by atoms with Crippen LogP contribution in [0.3, 0.4) is 0 Å². The zero-order chi connectivity index (χ0) is 11.4. The Balaban J connectivity index is 2.31. The monoisotopic (exact) mass is 211 g/mol. The summed E-state index contributed by atoms with van der Waals surface area (Å²) in [6.45, 7) is 0.496. The molecule has 0 radical (unpaired) electrons. The van der Waals surface area contributed by atoms with Crippen LogP contribution in [0.25, 0.3) is 0 Å². The summed E-state index contributed by atoms with van der Waals surface area (Å²) in [6.07, 6.45) is 8.75. The molecule has 3 nitrogen and oxygen atoms in total. The number of terminal acetylenes is 1. The van der Waals surface area contributed by atoms with Crippen LogP contribution in [-0.2, 0) is 6.54 Å². The van der Waals surface area contributed by atoms with E-state index in [1.807, 2.05) is 34.9 Å². The average molecular weight is 211 g/mol. The minimum absolute atomic E-state index is 0.183. The van der Waals surface area contributed by atoms with Gasteiger partial charge in [0.15, 0.2) is 0 Å². The van der Waals surface area contributed by atoms with Crippen LogP contribution in [0.15, 0.2) is 42.9 Å². The lowest BCUT2D eigenvalue weighted by molar-refractivity contribution is 0.716. The van der Waals surface area contributed by atoms with Crippen molar-refractivity contribution in [1.29, 1.82) is 0 Å². The molecule has 0 fully saturated rings. The predicted molar refractivity (Wildman–Crippen MR) is 63.5 cm³/mol. The van der Waals surface area contributed by atoms with Crippen LogP contribution in [0.4, 0.5) is 0 Å². The minimum atomic E-state index is -0.183. The number of aromatic nitrogens is 2. The average Bonchev–Trinajstić information content (AvgIpc) is 2.78. The number of benzene rings is 1. The Morgan fingerprint density at radius 3 is 2.81 bits per heavy atom. The molecule has 1 atom stereocenters. The van der Waals surface area contributed by atoms with Crippen molar-refractivity contribution in [2.24, 2.45) is 5.73 Å². The standard InChI is InChI=1S/C13H13N3/c1-2-8-16-10-15-9-12(16)13(14)11-6-4-3-5-7-11/h1,3-7,9-10,13H,8,14H2.